The number of rotatable bonds is 75. The van der Waals surface area contributed by atoms with E-state index in [0.29, 0.717) is 25.7 Å². The third-order valence-electron chi connectivity index (χ3n) is 17.5. The Kier molecular flexibility index (Phi) is 66.8. The summed E-state index contributed by atoms with van der Waals surface area (Å²) in [6.45, 7) is 7.30. The maximum Gasteiger partial charge on any atom is 0.472 e. The summed E-state index contributed by atoms with van der Waals surface area (Å²) in [6.07, 6.45) is 56.7. The van der Waals surface area contributed by atoms with Crippen LogP contribution in [0.15, 0.2) is 0 Å². The van der Waals surface area contributed by atoms with Gasteiger partial charge in [-0.25, -0.2) is 9.13 Å². The second-order valence-corrected chi connectivity index (χ2v) is 30.4. The molecule has 0 saturated carbocycles. The van der Waals surface area contributed by atoms with Crippen molar-refractivity contribution in [2.75, 3.05) is 39.6 Å². The molecule has 0 aromatic rings. The summed E-state index contributed by atoms with van der Waals surface area (Å²) >= 11 is 0. The molecule has 0 bridgehead atoms. The van der Waals surface area contributed by atoms with Crippen molar-refractivity contribution in [2.45, 2.75) is 412 Å². The van der Waals surface area contributed by atoms with Gasteiger partial charge in [0.25, 0.3) is 0 Å². The van der Waals surface area contributed by atoms with E-state index in [9.17, 15) is 43.2 Å². The normalized spacial score (nSPS) is 14.0. The fourth-order valence-corrected chi connectivity index (χ4v) is 13.1. The van der Waals surface area contributed by atoms with Crippen LogP contribution in [-0.2, 0) is 65.4 Å². The number of phosphoric acid groups is 2. The summed E-state index contributed by atoms with van der Waals surface area (Å²) < 4.78 is 68.5. The predicted octanol–water partition coefficient (Wildman–Crippen LogP) is 22.1. The molecule has 19 heteroatoms. The first-order valence-corrected chi connectivity index (χ1v) is 42.1. The van der Waals surface area contributed by atoms with Gasteiger partial charge in [-0.2, -0.15) is 0 Å². The number of carbonyl (C=O) groups excluding carboxylic acids is 4. The average Bonchev–Trinajstić information content (AvgIpc) is 1.61. The Bertz CT molecular complexity index is 1810. The van der Waals surface area contributed by atoms with Crippen molar-refractivity contribution in [3.05, 3.63) is 0 Å². The highest BCUT2D eigenvalue weighted by molar-refractivity contribution is 7.47. The first-order chi connectivity index (χ1) is 45.5. The smallest absolute Gasteiger partial charge is 0.462 e. The summed E-state index contributed by atoms with van der Waals surface area (Å²) in [5.74, 6) is -1.33. The van der Waals surface area contributed by atoms with Crippen LogP contribution in [0.4, 0.5) is 0 Å². The maximum absolute atomic E-state index is 13.1. The van der Waals surface area contributed by atoms with E-state index in [-0.39, 0.29) is 25.7 Å². The molecule has 0 spiro atoms. The molecule has 0 aliphatic carbocycles. The van der Waals surface area contributed by atoms with Crippen LogP contribution >= 0.6 is 15.6 Å². The zero-order chi connectivity index (χ0) is 69.1. The third kappa shape index (κ3) is 68.6. The van der Waals surface area contributed by atoms with Crippen LogP contribution in [0.2, 0.25) is 0 Å². The van der Waals surface area contributed by atoms with Crippen molar-refractivity contribution in [1.82, 2.24) is 0 Å². The lowest BCUT2D eigenvalue weighted by Crippen LogP contribution is -2.30. The number of hydrogen-bond acceptors (Lipinski definition) is 15. The fourth-order valence-electron chi connectivity index (χ4n) is 11.5. The van der Waals surface area contributed by atoms with Crippen LogP contribution in [0.3, 0.4) is 0 Å². The van der Waals surface area contributed by atoms with Gasteiger partial charge in [-0.05, 0) is 31.6 Å². The zero-order valence-corrected chi connectivity index (χ0v) is 62.9. The number of esters is 4. The lowest BCUT2D eigenvalue weighted by Gasteiger charge is -2.21. The van der Waals surface area contributed by atoms with Gasteiger partial charge in [0.1, 0.15) is 19.3 Å². The van der Waals surface area contributed by atoms with Gasteiger partial charge < -0.3 is 33.8 Å². The molecule has 0 aliphatic heterocycles. The van der Waals surface area contributed by atoms with Crippen LogP contribution in [0.1, 0.15) is 394 Å². The molecule has 0 aromatic heterocycles. The first kappa shape index (κ1) is 92.1. The first-order valence-electron chi connectivity index (χ1n) is 39.1. The lowest BCUT2D eigenvalue weighted by atomic mass is 10.0. The second kappa shape index (κ2) is 68.2. The zero-order valence-electron chi connectivity index (χ0n) is 61.1. The molecule has 17 nitrogen and oxygen atoms in total. The monoisotopic (exact) mass is 1380 g/mol. The Balaban J connectivity index is 5.24. The Morgan fingerprint density at radius 1 is 0.287 bits per heavy atom. The van der Waals surface area contributed by atoms with Gasteiger partial charge >= 0.3 is 39.5 Å². The molecule has 0 rings (SSSR count). The molecule has 0 fully saturated rings. The minimum absolute atomic E-state index is 0.108. The van der Waals surface area contributed by atoms with Crippen molar-refractivity contribution in [3.63, 3.8) is 0 Å². The van der Waals surface area contributed by atoms with Crippen molar-refractivity contribution < 1.29 is 80.2 Å². The number of aliphatic hydroxyl groups is 1. The van der Waals surface area contributed by atoms with E-state index >= 15 is 0 Å². The largest absolute Gasteiger partial charge is 0.472 e. The van der Waals surface area contributed by atoms with Crippen molar-refractivity contribution in [1.29, 1.82) is 0 Å². The van der Waals surface area contributed by atoms with E-state index in [2.05, 4.69) is 34.6 Å². The third-order valence-corrected chi connectivity index (χ3v) is 19.4. The van der Waals surface area contributed by atoms with E-state index in [4.69, 9.17) is 37.0 Å². The number of unbranched alkanes of at least 4 members (excludes halogenated alkanes) is 47. The van der Waals surface area contributed by atoms with E-state index in [1.165, 1.54) is 218 Å². The molecule has 0 aromatic carbocycles. The summed E-state index contributed by atoms with van der Waals surface area (Å²) in [7, 11) is -9.91. The predicted molar refractivity (Wildman–Crippen MR) is 382 cm³/mol. The SMILES string of the molecule is CCCCCCCCCCCCCCCCCCCC(=O)O[C@H](COC(=O)CCCCCCCCCCCCCCC(C)C)COP(=O)(O)OC[C@@H](O)COP(=O)(O)OC[C@@H](COC(=O)CCCCCCCCCCCC)OC(=O)CCCCCCCCCCCCCC. The Labute approximate surface area is 575 Å². The molecule has 0 saturated heterocycles. The fraction of sp³-hybridized carbons (Fsp3) is 0.947. The highest BCUT2D eigenvalue weighted by Crippen LogP contribution is 2.45. The quantitative estimate of drug-likeness (QED) is 0.0222. The van der Waals surface area contributed by atoms with Gasteiger partial charge in [-0.3, -0.25) is 37.3 Å². The van der Waals surface area contributed by atoms with Gasteiger partial charge in [0.05, 0.1) is 26.4 Å². The number of hydrogen-bond donors (Lipinski definition) is 3. The standard InChI is InChI=1S/C75H146O17P2/c1-6-9-12-15-18-21-24-26-27-28-29-30-36-41-46-51-56-61-75(80)92-71(65-86-73(78)59-54-49-44-39-35-32-31-33-37-42-47-52-57-68(4)5)67-90-94(83,84)88-63-69(76)62-87-93(81,82)89-66-70(64-85-72(77)58-53-48-43-38-23-20-17-14-11-8-3)91-74(79)60-55-50-45-40-34-25-22-19-16-13-10-7-2/h68-71,76H,6-67H2,1-5H3,(H,81,82)(H,83,84)/t69-,70+,71+/m0/s1. The van der Waals surface area contributed by atoms with E-state index in [1.54, 1.807) is 0 Å². The molecule has 3 N–H and O–H groups in total. The van der Waals surface area contributed by atoms with E-state index in [1.807, 2.05) is 0 Å². The molecular formula is C75H146O17P2. The number of ether oxygens (including phenoxy) is 4. The minimum atomic E-state index is -4.96. The number of carbonyl (C=O) groups is 4. The molecule has 2 unspecified atom stereocenters. The van der Waals surface area contributed by atoms with Crippen LogP contribution in [0.5, 0.6) is 0 Å². The Morgan fingerprint density at radius 2 is 0.489 bits per heavy atom. The van der Waals surface area contributed by atoms with Gasteiger partial charge in [0.2, 0.25) is 0 Å². The van der Waals surface area contributed by atoms with E-state index in [0.717, 1.165) is 95.8 Å². The van der Waals surface area contributed by atoms with Crippen LogP contribution < -0.4 is 0 Å². The Morgan fingerprint density at radius 3 is 0.723 bits per heavy atom. The number of phosphoric ester groups is 2. The molecule has 0 heterocycles. The van der Waals surface area contributed by atoms with Gasteiger partial charge in [-0.15, -0.1) is 0 Å². The van der Waals surface area contributed by atoms with Gasteiger partial charge in [0.15, 0.2) is 12.2 Å². The summed E-state index contributed by atoms with van der Waals surface area (Å²) in [5.41, 5.74) is 0. The van der Waals surface area contributed by atoms with Crippen molar-refractivity contribution in [2.24, 2.45) is 5.92 Å². The minimum Gasteiger partial charge on any atom is -0.462 e. The highest BCUT2D eigenvalue weighted by Gasteiger charge is 2.30. The van der Waals surface area contributed by atoms with Crippen molar-refractivity contribution >= 4 is 39.5 Å². The van der Waals surface area contributed by atoms with Crippen LogP contribution in [-0.4, -0.2) is 96.7 Å². The molecule has 0 radical (unpaired) electrons. The summed E-state index contributed by atoms with van der Waals surface area (Å²) in [5, 5.41) is 10.6. The molecule has 558 valence electrons. The second-order valence-electron chi connectivity index (χ2n) is 27.5. The highest BCUT2D eigenvalue weighted by atomic mass is 31.2. The average molecular weight is 1380 g/mol. The van der Waals surface area contributed by atoms with Crippen molar-refractivity contribution in [3.8, 4) is 0 Å². The van der Waals surface area contributed by atoms with Crippen LogP contribution in [0, 0.1) is 5.92 Å². The van der Waals surface area contributed by atoms with E-state index < -0.39 is 97.5 Å². The molecular weight excluding hydrogens is 1230 g/mol. The molecule has 0 amide bonds. The Hall–Kier alpha value is -1.94. The maximum atomic E-state index is 13.1. The molecule has 94 heavy (non-hydrogen) atoms. The summed E-state index contributed by atoms with van der Waals surface area (Å²) in [4.78, 5) is 72.8. The number of aliphatic hydroxyl groups excluding tert-OH is 1. The van der Waals surface area contributed by atoms with Gasteiger partial charge in [0, 0.05) is 25.7 Å². The topological polar surface area (TPSA) is 237 Å². The molecule has 0 aliphatic rings. The lowest BCUT2D eigenvalue weighted by molar-refractivity contribution is -0.161. The molecule has 5 atom stereocenters. The van der Waals surface area contributed by atoms with Crippen LogP contribution in [0.25, 0.3) is 0 Å². The van der Waals surface area contributed by atoms with Gasteiger partial charge in [-0.1, -0.05) is 343 Å². The summed E-state index contributed by atoms with van der Waals surface area (Å²) in [6, 6.07) is 0.